The van der Waals surface area contributed by atoms with E-state index in [9.17, 15) is 4.79 Å². The third-order valence-electron chi connectivity index (χ3n) is 5.29. The minimum atomic E-state index is -0.230. The van der Waals surface area contributed by atoms with E-state index in [1.165, 1.54) is 40.8 Å². The van der Waals surface area contributed by atoms with Gasteiger partial charge >= 0.3 is 0 Å². The summed E-state index contributed by atoms with van der Waals surface area (Å²) in [5.74, 6) is 1.46. The summed E-state index contributed by atoms with van der Waals surface area (Å²) < 4.78 is 2.01. The number of hydrogen-bond acceptors (Lipinski definition) is 5. The highest BCUT2D eigenvalue weighted by Crippen LogP contribution is 2.38. The first-order valence-electron chi connectivity index (χ1n) is 10.1. The number of thiophene rings is 1. The lowest BCUT2D eigenvalue weighted by Gasteiger charge is -2.19. The summed E-state index contributed by atoms with van der Waals surface area (Å²) in [5.41, 5.74) is 2.94. The number of benzene rings is 1. The number of carbonyl (C=O) groups excluding carboxylic acids is 1. The Bertz CT molecular complexity index is 1170. The van der Waals surface area contributed by atoms with E-state index in [4.69, 9.17) is 34.8 Å². The highest BCUT2D eigenvalue weighted by Gasteiger charge is 2.24. The van der Waals surface area contributed by atoms with E-state index in [-0.39, 0.29) is 11.7 Å². The smallest absolute Gasteiger partial charge is 0.234 e. The lowest BCUT2D eigenvalue weighted by Crippen LogP contribution is -2.15. The van der Waals surface area contributed by atoms with Crippen LogP contribution < -0.4 is 5.32 Å². The fourth-order valence-corrected chi connectivity index (χ4v) is 6.27. The van der Waals surface area contributed by atoms with Crippen LogP contribution in [0.2, 0.25) is 15.1 Å². The first-order chi connectivity index (χ1) is 15.4. The van der Waals surface area contributed by atoms with Crippen molar-refractivity contribution >= 4 is 69.5 Å². The van der Waals surface area contributed by atoms with Crippen LogP contribution in [0.1, 0.15) is 23.8 Å². The topological polar surface area (TPSA) is 59.8 Å². The summed E-state index contributed by atoms with van der Waals surface area (Å²) in [7, 11) is 0. The van der Waals surface area contributed by atoms with Crippen LogP contribution in [0.25, 0.3) is 11.4 Å². The Morgan fingerprint density at radius 1 is 1.31 bits per heavy atom. The number of thioether (sulfide) groups is 1. The van der Waals surface area contributed by atoms with Crippen molar-refractivity contribution in [2.24, 2.45) is 5.92 Å². The Kier molecular flexibility index (Phi) is 7.52. The number of anilines is 1. The van der Waals surface area contributed by atoms with E-state index in [2.05, 4.69) is 34.4 Å². The Labute approximate surface area is 210 Å². The van der Waals surface area contributed by atoms with E-state index in [1.807, 2.05) is 10.6 Å². The van der Waals surface area contributed by atoms with Crippen molar-refractivity contribution < 1.29 is 4.79 Å². The molecule has 0 aliphatic heterocycles. The first-order valence-corrected chi connectivity index (χ1v) is 13.1. The number of nitrogens with one attached hydrogen (secondary N) is 1. The molecular formula is C22H21Cl3N4OS2. The van der Waals surface area contributed by atoms with E-state index in [0.29, 0.717) is 38.4 Å². The van der Waals surface area contributed by atoms with Crippen molar-refractivity contribution in [3.8, 4) is 11.4 Å². The molecule has 3 aromatic rings. The molecule has 1 amide bonds. The molecule has 0 radical (unpaired) electrons. The standard InChI is InChI=1S/C22H21Cl3N4OS2/c1-3-6-29-21(14-10-31-19-7-12(2)4-5-13(14)19)27-28-22(29)32-11-20(30)26-18-9-16(24)15(23)8-17(18)25/h3,8-10,12H,1,4-7,11H2,2H3,(H,26,30). The number of allylic oxidation sites excluding steroid dienone is 1. The molecule has 1 aliphatic carbocycles. The third-order valence-corrected chi connectivity index (χ3v) is 8.34. The first kappa shape index (κ1) is 23.6. The van der Waals surface area contributed by atoms with Gasteiger partial charge in [-0.25, -0.2) is 0 Å². The van der Waals surface area contributed by atoms with Crippen LogP contribution in [-0.4, -0.2) is 26.4 Å². The zero-order valence-electron chi connectivity index (χ0n) is 17.3. The Balaban J connectivity index is 1.51. The number of halogens is 3. The number of rotatable bonds is 7. The van der Waals surface area contributed by atoms with Crippen LogP contribution >= 0.6 is 57.9 Å². The predicted molar refractivity (Wildman–Crippen MR) is 136 cm³/mol. The maximum atomic E-state index is 12.5. The summed E-state index contributed by atoms with van der Waals surface area (Å²) in [5, 5.41) is 15.4. The highest BCUT2D eigenvalue weighted by atomic mass is 35.5. The molecule has 0 saturated carbocycles. The van der Waals surface area contributed by atoms with Gasteiger partial charge in [-0.3, -0.25) is 9.36 Å². The summed E-state index contributed by atoms with van der Waals surface area (Å²) in [6, 6.07) is 3.04. The fraction of sp³-hybridized carbons (Fsp3) is 0.318. The van der Waals surface area contributed by atoms with E-state index in [1.54, 1.807) is 11.3 Å². The fourth-order valence-electron chi connectivity index (χ4n) is 3.69. The summed E-state index contributed by atoms with van der Waals surface area (Å²) >= 11 is 21.2. The highest BCUT2D eigenvalue weighted by molar-refractivity contribution is 7.99. The monoisotopic (exact) mass is 526 g/mol. The Hall–Kier alpha value is -1.51. The molecule has 1 unspecified atom stereocenters. The summed E-state index contributed by atoms with van der Waals surface area (Å²) in [6.07, 6.45) is 5.18. The predicted octanol–water partition coefficient (Wildman–Crippen LogP) is 7.01. The number of nitrogens with zero attached hydrogens (tertiary/aromatic N) is 3. The molecule has 1 atom stereocenters. The average molecular weight is 528 g/mol. The Morgan fingerprint density at radius 2 is 2.09 bits per heavy atom. The van der Waals surface area contributed by atoms with Gasteiger partial charge in [-0.1, -0.05) is 59.6 Å². The second-order valence-electron chi connectivity index (χ2n) is 7.69. The molecule has 32 heavy (non-hydrogen) atoms. The van der Waals surface area contributed by atoms with E-state index >= 15 is 0 Å². The normalized spacial score (nSPS) is 15.4. The van der Waals surface area contributed by atoms with Crippen molar-refractivity contribution in [2.45, 2.75) is 37.9 Å². The van der Waals surface area contributed by atoms with Crippen molar-refractivity contribution in [2.75, 3.05) is 11.1 Å². The molecule has 2 heterocycles. The number of amides is 1. The molecule has 0 bridgehead atoms. The molecule has 1 aromatic carbocycles. The van der Waals surface area contributed by atoms with Gasteiger partial charge in [0.15, 0.2) is 11.0 Å². The molecule has 2 aromatic heterocycles. The van der Waals surface area contributed by atoms with Crippen molar-refractivity contribution in [3.63, 3.8) is 0 Å². The second kappa shape index (κ2) is 10.2. The van der Waals surface area contributed by atoms with Crippen LogP contribution in [0.4, 0.5) is 5.69 Å². The molecule has 0 saturated heterocycles. The average Bonchev–Trinajstić information content (AvgIpc) is 3.34. The lowest BCUT2D eigenvalue weighted by molar-refractivity contribution is -0.113. The van der Waals surface area contributed by atoms with Crippen LogP contribution in [-0.2, 0) is 24.2 Å². The molecule has 0 fully saturated rings. The molecule has 0 spiro atoms. The van der Waals surface area contributed by atoms with Crippen molar-refractivity contribution in [1.82, 2.24) is 14.8 Å². The minimum Gasteiger partial charge on any atom is -0.324 e. The van der Waals surface area contributed by atoms with Crippen molar-refractivity contribution in [3.05, 3.63) is 55.7 Å². The number of hydrogen-bond donors (Lipinski definition) is 1. The maximum Gasteiger partial charge on any atom is 0.234 e. The maximum absolute atomic E-state index is 12.5. The second-order valence-corrected chi connectivity index (χ2v) is 10.8. The largest absolute Gasteiger partial charge is 0.324 e. The van der Waals surface area contributed by atoms with Gasteiger partial charge in [0.2, 0.25) is 5.91 Å². The van der Waals surface area contributed by atoms with Crippen LogP contribution in [0.15, 0.2) is 35.3 Å². The number of carbonyl (C=O) groups is 1. The van der Waals surface area contributed by atoms with Gasteiger partial charge in [-0.05, 0) is 42.9 Å². The summed E-state index contributed by atoms with van der Waals surface area (Å²) in [4.78, 5) is 14.0. The Morgan fingerprint density at radius 3 is 2.88 bits per heavy atom. The van der Waals surface area contributed by atoms with Crippen molar-refractivity contribution in [1.29, 1.82) is 0 Å². The lowest BCUT2D eigenvalue weighted by atomic mass is 9.88. The van der Waals surface area contributed by atoms with Crippen LogP contribution in [0.3, 0.4) is 0 Å². The molecule has 5 nitrogen and oxygen atoms in total. The summed E-state index contributed by atoms with van der Waals surface area (Å²) in [6.45, 7) is 6.73. The molecular weight excluding hydrogens is 507 g/mol. The van der Waals surface area contributed by atoms with Gasteiger partial charge in [-0.15, -0.1) is 28.1 Å². The zero-order chi connectivity index (χ0) is 22.8. The van der Waals surface area contributed by atoms with Crippen LogP contribution in [0, 0.1) is 5.92 Å². The van der Waals surface area contributed by atoms with Gasteiger partial charge in [-0.2, -0.15) is 0 Å². The molecule has 1 aliphatic rings. The molecule has 10 heteroatoms. The van der Waals surface area contributed by atoms with Crippen LogP contribution in [0.5, 0.6) is 0 Å². The SMILES string of the molecule is C=CCn1c(SCC(=O)Nc2cc(Cl)c(Cl)cc2Cl)nnc1-c1csc2c1CCC(C)C2. The third kappa shape index (κ3) is 5.02. The number of fused-ring (bicyclic) bond motifs is 1. The molecule has 168 valence electrons. The van der Waals surface area contributed by atoms with Gasteiger partial charge in [0.25, 0.3) is 0 Å². The molecule has 1 N–H and O–H groups in total. The van der Waals surface area contributed by atoms with Gasteiger partial charge in [0.1, 0.15) is 0 Å². The van der Waals surface area contributed by atoms with Gasteiger partial charge < -0.3 is 5.32 Å². The van der Waals surface area contributed by atoms with Gasteiger partial charge in [0, 0.05) is 22.4 Å². The van der Waals surface area contributed by atoms with E-state index < -0.39 is 0 Å². The minimum absolute atomic E-state index is 0.144. The van der Waals surface area contributed by atoms with Gasteiger partial charge in [0.05, 0.1) is 26.5 Å². The quantitative estimate of drug-likeness (QED) is 0.204. The van der Waals surface area contributed by atoms with E-state index in [0.717, 1.165) is 24.2 Å². The molecule has 4 rings (SSSR count). The number of aromatic nitrogens is 3. The zero-order valence-corrected chi connectivity index (χ0v) is 21.2.